The lowest BCUT2D eigenvalue weighted by molar-refractivity contribution is -0.297. The van der Waals surface area contributed by atoms with E-state index in [1.165, 1.54) is 20.1 Å². The van der Waals surface area contributed by atoms with Crippen LogP contribution in [0.25, 0.3) is 6.08 Å². The zero-order valence-electron chi connectivity index (χ0n) is 13.3. The normalized spacial score (nSPS) is 12.5. The third kappa shape index (κ3) is 3.74. The van der Waals surface area contributed by atoms with E-state index in [0.29, 0.717) is 35.8 Å². The predicted molar refractivity (Wildman–Crippen MR) is 80.2 cm³/mol. The standard InChI is InChI=1S/C16H19NO6/c1-10(18)17(2)7-6-11-8-13-16(23-9-22-13)15(21-3)12(11)4-5-14(19)20/h4-5,8H,6-7,9H2,1-3H3,(H,19,20)/p-1/b5-4+. The summed E-state index contributed by atoms with van der Waals surface area (Å²) < 4.78 is 16.1. The number of nitrogens with zero attached hydrogens (tertiary/aromatic N) is 1. The Morgan fingerprint density at radius 1 is 1.43 bits per heavy atom. The van der Waals surface area contributed by atoms with Gasteiger partial charge in [0.15, 0.2) is 11.5 Å². The molecule has 1 aromatic rings. The zero-order valence-corrected chi connectivity index (χ0v) is 13.3. The van der Waals surface area contributed by atoms with E-state index in [2.05, 4.69) is 0 Å². The number of aliphatic carboxylic acids is 1. The summed E-state index contributed by atoms with van der Waals surface area (Å²) >= 11 is 0. The molecule has 0 saturated carbocycles. The summed E-state index contributed by atoms with van der Waals surface area (Å²) in [4.78, 5) is 23.6. The molecule has 1 heterocycles. The van der Waals surface area contributed by atoms with Crippen molar-refractivity contribution < 1.29 is 28.9 Å². The summed E-state index contributed by atoms with van der Waals surface area (Å²) in [5.41, 5.74) is 1.36. The second-order valence-electron chi connectivity index (χ2n) is 5.06. The third-order valence-corrected chi connectivity index (χ3v) is 3.59. The molecule has 0 saturated heterocycles. The number of carboxylic acid groups (broad SMARTS) is 1. The van der Waals surface area contributed by atoms with Gasteiger partial charge in [-0.1, -0.05) is 0 Å². The molecule has 1 aromatic carbocycles. The van der Waals surface area contributed by atoms with E-state index >= 15 is 0 Å². The molecule has 0 spiro atoms. The van der Waals surface area contributed by atoms with E-state index in [1.807, 2.05) is 0 Å². The maximum Gasteiger partial charge on any atom is 0.231 e. The SMILES string of the molecule is COc1c(/C=C/C(=O)[O-])c(CCN(C)C(C)=O)cc2c1OCO2. The number of carbonyl (C=O) groups excluding carboxylic acids is 2. The number of methoxy groups -OCH3 is 1. The number of carbonyl (C=O) groups is 2. The molecule has 1 aliphatic rings. The van der Waals surface area contributed by atoms with Crippen LogP contribution in [0.2, 0.25) is 0 Å². The minimum atomic E-state index is -1.31. The van der Waals surface area contributed by atoms with Crippen molar-refractivity contribution in [2.24, 2.45) is 0 Å². The summed E-state index contributed by atoms with van der Waals surface area (Å²) in [6, 6.07) is 1.77. The Hall–Kier alpha value is -2.70. The van der Waals surface area contributed by atoms with Crippen LogP contribution in [-0.4, -0.2) is 44.3 Å². The van der Waals surface area contributed by atoms with Gasteiger partial charge in [-0.25, -0.2) is 0 Å². The van der Waals surface area contributed by atoms with Gasteiger partial charge in [-0.3, -0.25) is 4.79 Å². The number of ether oxygens (including phenoxy) is 3. The lowest BCUT2D eigenvalue weighted by atomic mass is 10.0. The van der Waals surface area contributed by atoms with Gasteiger partial charge in [0.25, 0.3) is 0 Å². The number of hydrogen-bond acceptors (Lipinski definition) is 6. The molecule has 124 valence electrons. The number of fused-ring (bicyclic) bond motifs is 1. The van der Waals surface area contributed by atoms with E-state index in [-0.39, 0.29) is 12.7 Å². The molecule has 0 radical (unpaired) electrons. The molecule has 2 rings (SSSR count). The minimum absolute atomic E-state index is 0.0514. The van der Waals surface area contributed by atoms with Gasteiger partial charge in [-0.2, -0.15) is 0 Å². The number of hydrogen-bond donors (Lipinski definition) is 0. The molecule has 23 heavy (non-hydrogen) atoms. The molecule has 7 heteroatoms. The molecule has 0 aromatic heterocycles. The average molecular weight is 320 g/mol. The molecule has 0 fully saturated rings. The van der Waals surface area contributed by atoms with Crippen LogP contribution in [0, 0.1) is 0 Å². The highest BCUT2D eigenvalue weighted by molar-refractivity contribution is 5.85. The van der Waals surface area contributed by atoms with Crippen molar-refractivity contribution >= 4 is 18.0 Å². The van der Waals surface area contributed by atoms with Crippen LogP contribution in [0.1, 0.15) is 18.1 Å². The van der Waals surface area contributed by atoms with E-state index in [0.717, 1.165) is 11.6 Å². The number of carboxylic acids is 1. The van der Waals surface area contributed by atoms with Crippen molar-refractivity contribution in [3.8, 4) is 17.2 Å². The largest absolute Gasteiger partial charge is 0.545 e. The summed E-state index contributed by atoms with van der Waals surface area (Å²) in [6.07, 6.45) is 2.84. The summed E-state index contributed by atoms with van der Waals surface area (Å²) in [6.45, 7) is 2.04. The van der Waals surface area contributed by atoms with Gasteiger partial charge in [0.05, 0.1) is 13.1 Å². The smallest absolute Gasteiger partial charge is 0.231 e. The topological polar surface area (TPSA) is 88.1 Å². The Labute approximate surface area is 134 Å². The Balaban J connectivity index is 2.42. The van der Waals surface area contributed by atoms with E-state index in [9.17, 15) is 14.7 Å². The van der Waals surface area contributed by atoms with Crippen LogP contribution in [0.3, 0.4) is 0 Å². The average Bonchev–Trinajstić information content (AvgIpc) is 2.97. The van der Waals surface area contributed by atoms with E-state index in [1.54, 1.807) is 18.0 Å². The van der Waals surface area contributed by atoms with Crippen molar-refractivity contribution in [1.82, 2.24) is 4.90 Å². The summed E-state index contributed by atoms with van der Waals surface area (Å²) in [5, 5.41) is 10.7. The monoisotopic (exact) mass is 320 g/mol. The van der Waals surface area contributed by atoms with Gasteiger partial charge in [0.1, 0.15) is 0 Å². The molecule has 1 amide bonds. The second-order valence-corrected chi connectivity index (χ2v) is 5.06. The molecule has 0 bridgehead atoms. The first kappa shape index (κ1) is 16.7. The number of benzene rings is 1. The summed E-state index contributed by atoms with van der Waals surface area (Å²) in [5.74, 6) is 0.0149. The second kappa shape index (κ2) is 7.04. The van der Waals surface area contributed by atoms with Crippen LogP contribution in [0.4, 0.5) is 0 Å². The van der Waals surface area contributed by atoms with Crippen molar-refractivity contribution in [2.45, 2.75) is 13.3 Å². The first-order chi connectivity index (χ1) is 10.9. The highest BCUT2D eigenvalue weighted by Crippen LogP contribution is 2.45. The van der Waals surface area contributed by atoms with Gasteiger partial charge in [-0.05, 0) is 30.2 Å². The number of rotatable bonds is 6. The number of likely N-dealkylation sites (N-methyl/N-ethyl adjacent to an activating group) is 1. The lowest BCUT2D eigenvalue weighted by Crippen LogP contribution is -2.26. The number of amides is 1. The minimum Gasteiger partial charge on any atom is -0.545 e. The fourth-order valence-corrected chi connectivity index (χ4v) is 2.27. The highest BCUT2D eigenvalue weighted by atomic mass is 16.7. The van der Waals surface area contributed by atoms with Crippen LogP contribution in [0.15, 0.2) is 12.1 Å². The lowest BCUT2D eigenvalue weighted by Gasteiger charge is -2.18. The van der Waals surface area contributed by atoms with Crippen LogP contribution in [0.5, 0.6) is 17.2 Å². The van der Waals surface area contributed by atoms with Gasteiger partial charge in [-0.15, -0.1) is 0 Å². The van der Waals surface area contributed by atoms with Gasteiger partial charge >= 0.3 is 0 Å². The van der Waals surface area contributed by atoms with Gasteiger partial charge in [0.2, 0.25) is 18.4 Å². The zero-order chi connectivity index (χ0) is 17.0. The van der Waals surface area contributed by atoms with Crippen molar-refractivity contribution in [3.05, 3.63) is 23.3 Å². The molecule has 1 aliphatic heterocycles. The van der Waals surface area contributed by atoms with Crippen molar-refractivity contribution in [3.63, 3.8) is 0 Å². The van der Waals surface area contributed by atoms with Crippen LogP contribution >= 0.6 is 0 Å². The van der Waals surface area contributed by atoms with Gasteiger partial charge < -0.3 is 29.0 Å². The van der Waals surface area contributed by atoms with E-state index in [4.69, 9.17) is 14.2 Å². The highest BCUT2D eigenvalue weighted by Gasteiger charge is 2.24. The van der Waals surface area contributed by atoms with E-state index < -0.39 is 5.97 Å². The maximum absolute atomic E-state index is 11.3. The maximum atomic E-state index is 11.3. The fraction of sp³-hybridized carbons (Fsp3) is 0.375. The Morgan fingerprint density at radius 3 is 2.78 bits per heavy atom. The Kier molecular flexibility index (Phi) is 5.10. The van der Waals surface area contributed by atoms with Crippen LogP contribution < -0.4 is 19.3 Å². The fourth-order valence-electron chi connectivity index (χ4n) is 2.27. The van der Waals surface area contributed by atoms with Crippen molar-refractivity contribution in [1.29, 1.82) is 0 Å². The third-order valence-electron chi connectivity index (χ3n) is 3.59. The molecule has 7 nitrogen and oxygen atoms in total. The van der Waals surface area contributed by atoms with Gasteiger partial charge in [0, 0.05) is 26.1 Å². The molecule has 0 unspecified atom stereocenters. The predicted octanol–water partition coefficient (Wildman–Crippen LogP) is 0.208. The Bertz CT molecular complexity index is 652. The summed E-state index contributed by atoms with van der Waals surface area (Å²) in [7, 11) is 3.17. The molecule has 0 atom stereocenters. The molecule has 0 N–H and O–H groups in total. The molecular formula is C16H18NO6-. The first-order valence-corrected chi connectivity index (χ1v) is 7.04. The van der Waals surface area contributed by atoms with Crippen LogP contribution in [-0.2, 0) is 16.0 Å². The Morgan fingerprint density at radius 2 is 2.17 bits per heavy atom. The quantitative estimate of drug-likeness (QED) is 0.696. The first-order valence-electron chi connectivity index (χ1n) is 7.04. The van der Waals surface area contributed by atoms with Crippen molar-refractivity contribution in [2.75, 3.05) is 27.5 Å². The molecule has 0 aliphatic carbocycles. The molecular weight excluding hydrogens is 302 g/mol.